The van der Waals surface area contributed by atoms with E-state index in [4.69, 9.17) is 0 Å². The first-order valence-corrected chi connectivity index (χ1v) is 8.03. The largest absolute Gasteiger partial charge is 0.324 e. The van der Waals surface area contributed by atoms with Crippen LogP contribution in [0.15, 0.2) is 59.3 Å². The summed E-state index contributed by atoms with van der Waals surface area (Å²) in [6.07, 6.45) is 2.69. The first-order chi connectivity index (χ1) is 11.7. The highest BCUT2D eigenvalue weighted by Crippen LogP contribution is 2.19. The van der Waals surface area contributed by atoms with Crippen LogP contribution in [-0.2, 0) is 11.2 Å². The fourth-order valence-electron chi connectivity index (χ4n) is 2.11. The second kappa shape index (κ2) is 7.65. The molecule has 0 aliphatic heterocycles. The Morgan fingerprint density at radius 2 is 1.62 bits per heavy atom. The van der Waals surface area contributed by atoms with Gasteiger partial charge in [0.1, 0.15) is 12.6 Å². The summed E-state index contributed by atoms with van der Waals surface area (Å²) in [4.78, 5) is 23.2. The molecule has 1 aromatic heterocycles. The van der Waals surface area contributed by atoms with Crippen molar-refractivity contribution in [2.24, 2.45) is 0 Å². The van der Waals surface area contributed by atoms with Gasteiger partial charge in [-0.1, -0.05) is 34.1 Å². The number of nitrogens with zero attached hydrogens (tertiary/aromatic N) is 3. The Morgan fingerprint density at radius 1 is 0.958 bits per heavy atom. The highest BCUT2D eigenvalue weighted by atomic mass is 79.9. The number of hydrogen-bond acceptors (Lipinski definition) is 6. The molecule has 2 aromatic carbocycles. The third kappa shape index (κ3) is 4.36. The highest BCUT2D eigenvalue weighted by Gasteiger charge is 2.03. The van der Waals surface area contributed by atoms with Crippen molar-refractivity contribution in [2.45, 2.75) is 6.42 Å². The molecule has 0 radical (unpaired) electrons. The molecule has 0 atom stereocenters. The van der Waals surface area contributed by atoms with Crippen molar-refractivity contribution in [1.29, 1.82) is 0 Å². The minimum atomic E-state index is 0.377. The van der Waals surface area contributed by atoms with Crippen molar-refractivity contribution in [3.63, 3.8) is 0 Å². The third-order valence-electron chi connectivity index (χ3n) is 3.15. The van der Waals surface area contributed by atoms with Gasteiger partial charge in [0.2, 0.25) is 11.9 Å². The fraction of sp³-hybridized carbons (Fsp3) is 0.0588. The predicted octanol–water partition coefficient (Wildman–Crippen LogP) is 3.86. The average Bonchev–Trinajstić information content (AvgIpc) is 2.56. The number of benzene rings is 2. The Hall–Kier alpha value is -2.80. The first-order valence-electron chi connectivity index (χ1n) is 7.24. The van der Waals surface area contributed by atoms with E-state index < -0.39 is 0 Å². The van der Waals surface area contributed by atoms with Gasteiger partial charge in [-0.25, -0.2) is 9.97 Å². The number of anilines is 4. The van der Waals surface area contributed by atoms with Crippen LogP contribution in [0.1, 0.15) is 5.56 Å². The number of aromatic nitrogens is 3. The van der Waals surface area contributed by atoms with Gasteiger partial charge < -0.3 is 15.4 Å². The molecule has 6 nitrogen and oxygen atoms in total. The molecule has 0 aliphatic rings. The molecule has 0 saturated carbocycles. The smallest absolute Gasteiger partial charge is 0.232 e. The number of nitrogens with one attached hydrogen (secondary N) is 2. The summed E-state index contributed by atoms with van der Waals surface area (Å²) in [5.41, 5.74) is 2.61. The van der Waals surface area contributed by atoms with Gasteiger partial charge in [-0.05, 0) is 35.9 Å². The number of carbonyl (C=O) groups is 1. The lowest BCUT2D eigenvalue weighted by molar-refractivity contribution is -0.107. The molecule has 2 N–H and O–H groups in total. The molecule has 24 heavy (non-hydrogen) atoms. The lowest BCUT2D eigenvalue weighted by Gasteiger charge is -2.08. The lowest BCUT2D eigenvalue weighted by Crippen LogP contribution is -2.03. The first kappa shape index (κ1) is 16.1. The summed E-state index contributed by atoms with van der Waals surface area (Å²) in [5, 5.41) is 6.24. The summed E-state index contributed by atoms with van der Waals surface area (Å²) in [7, 11) is 0. The van der Waals surface area contributed by atoms with E-state index in [0.717, 1.165) is 27.7 Å². The monoisotopic (exact) mass is 383 g/mol. The lowest BCUT2D eigenvalue weighted by atomic mass is 10.1. The molecule has 3 rings (SSSR count). The van der Waals surface area contributed by atoms with Crippen LogP contribution in [0.3, 0.4) is 0 Å². The summed E-state index contributed by atoms with van der Waals surface area (Å²) < 4.78 is 0.965. The zero-order valence-corrected chi connectivity index (χ0v) is 14.2. The minimum absolute atomic E-state index is 0.377. The van der Waals surface area contributed by atoms with Gasteiger partial charge in [0.15, 0.2) is 0 Å². The van der Waals surface area contributed by atoms with Crippen molar-refractivity contribution >= 4 is 45.5 Å². The molecule has 0 spiro atoms. The van der Waals surface area contributed by atoms with Crippen molar-refractivity contribution in [1.82, 2.24) is 15.0 Å². The molecule has 0 bridgehead atoms. The second-order valence-electron chi connectivity index (χ2n) is 4.96. The maximum absolute atomic E-state index is 10.6. The second-order valence-corrected chi connectivity index (χ2v) is 5.88. The van der Waals surface area contributed by atoms with Gasteiger partial charge in [-0.2, -0.15) is 4.98 Å². The van der Waals surface area contributed by atoms with Gasteiger partial charge in [0, 0.05) is 22.3 Å². The summed E-state index contributed by atoms with van der Waals surface area (Å²) >= 11 is 3.42. The standard InChI is InChI=1S/C17H14BrN5O/c18-13-4-2-6-15(10-13)22-17-20-11-19-16(23-17)21-14-5-1-3-12(9-14)7-8-24/h1-6,8-11H,7H2,(H2,19,20,21,22,23). The normalized spacial score (nSPS) is 10.2. The highest BCUT2D eigenvalue weighted by molar-refractivity contribution is 9.10. The van der Waals surface area contributed by atoms with E-state index in [9.17, 15) is 4.79 Å². The van der Waals surface area contributed by atoms with Crippen LogP contribution in [0.5, 0.6) is 0 Å². The Balaban J connectivity index is 1.75. The molecule has 0 saturated heterocycles. The van der Waals surface area contributed by atoms with Gasteiger partial charge in [-0.15, -0.1) is 0 Å². The quantitative estimate of drug-likeness (QED) is 0.629. The summed E-state index contributed by atoms with van der Waals surface area (Å²) in [5.74, 6) is 0.861. The van der Waals surface area contributed by atoms with Crippen LogP contribution in [0.25, 0.3) is 0 Å². The molecular formula is C17H14BrN5O. The van der Waals surface area contributed by atoms with Gasteiger partial charge >= 0.3 is 0 Å². The topological polar surface area (TPSA) is 79.8 Å². The van der Waals surface area contributed by atoms with E-state index >= 15 is 0 Å². The van der Waals surface area contributed by atoms with E-state index in [1.54, 1.807) is 0 Å². The van der Waals surface area contributed by atoms with E-state index in [-0.39, 0.29) is 0 Å². The van der Waals surface area contributed by atoms with Crippen LogP contribution in [-0.4, -0.2) is 21.2 Å². The maximum atomic E-state index is 10.6. The Kier molecular flexibility index (Phi) is 5.12. The summed E-state index contributed by atoms with van der Waals surface area (Å²) in [6, 6.07) is 15.3. The molecule has 3 aromatic rings. The van der Waals surface area contributed by atoms with E-state index in [0.29, 0.717) is 18.3 Å². The zero-order chi connectivity index (χ0) is 16.8. The van der Waals surface area contributed by atoms with Gasteiger partial charge in [-0.3, -0.25) is 0 Å². The van der Waals surface area contributed by atoms with Crippen LogP contribution in [0, 0.1) is 0 Å². The Labute approximate surface area is 147 Å². The molecule has 0 amide bonds. The molecule has 120 valence electrons. The number of aldehydes is 1. The van der Waals surface area contributed by atoms with Crippen molar-refractivity contribution in [3.05, 3.63) is 64.9 Å². The Bertz CT molecular complexity index is 856. The van der Waals surface area contributed by atoms with E-state index in [1.165, 1.54) is 6.33 Å². The number of halogens is 1. The van der Waals surface area contributed by atoms with Crippen molar-refractivity contribution < 1.29 is 4.79 Å². The molecule has 0 aliphatic carbocycles. The number of rotatable bonds is 6. The molecule has 1 heterocycles. The van der Waals surface area contributed by atoms with Crippen LogP contribution >= 0.6 is 15.9 Å². The minimum Gasteiger partial charge on any atom is -0.324 e. The maximum Gasteiger partial charge on any atom is 0.232 e. The van der Waals surface area contributed by atoms with Crippen molar-refractivity contribution in [3.8, 4) is 0 Å². The molecule has 7 heteroatoms. The van der Waals surface area contributed by atoms with Crippen LogP contribution < -0.4 is 10.6 Å². The average molecular weight is 384 g/mol. The number of hydrogen-bond donors (Lipinski definition) is 2. The van der Waals surface area contributed by atoms with E-state index in [1.807, 2.05) is 48.5 Å². The Morgan fingerprint density at radius 3 is 2.29 bits per heavy atom. The molecule has 0 fully saturated rings. The van der Waals surface area contributed by atoms with Crippen LogP contribution in [0.4, 0.5) is 23.3 Å². The third-order valence-corrected chi connectivity index (χ3v) is 3.65. The zero-order valence-electron chi connectivity index (χ0n) is 12.6. The predicted molar refractivity (Wildman–Crippen MR) is 96.7 cm³/mol. The summed E-state index contributed by atoms with van der Waals surface area (Å²) in [6.45, 7) is 0. The molecule has 0 unspecified atom stereocenters. The SMILES string of the molecule is O=CCc1cccc(Nc2ncnc(Nc3cccc(Br)c3)n2)c1. The van der Waals surface area contributed by atoms with Gasteiger partial charge in [0.25, 0.3) is 0 Å². The van der Waals surface area contributed by atoms with Gasteiger partial charge in [0.05, 0.1) is 0 Å². The van der Waals surface area contributed by atoms with Crippen LogP contribution in [0.2, 0.25) is 0 Å². The molecular weight excluding hydrogens is 370 g/mol. The fourth-order valence-corrected chi connectivity index (χ4v) is 2.51. The van der Waals surface area contributed by atoms with E-state index in [2.05, 4.69) is 41.5 Å². The van der Waals surface area contributed by atoms with Crippen molar-refractivity contribution in [2.75, 3.05) is 10.6 Å². The number of carbonyl (C=O) groups excluding carboxylic acids is 1.